The zero-order valence-electron chi connectivity index (χ0n) is 13.7. The van der Waals surface area contributed by atoms with E-state index in [1.807, 2.05) is 12.4 Å². The fraction of sp³-hybridized carbons (Fsp3) is 0.421. The summed E-state index contributed by atoms with van der Waals surface area (Å²) in [5, 5.41) is 0. The van der Waals surface area contributed by atoms with Crippen LogP contribution in [0.2, 0.25) is 0 Å². The SMILES string of the molecule is Cc1[c-]cc(C)c(CCCCCCc2ccncc2)c1.[Li+]. The first kappa shape index (κ1) is 18.0. The predicted molar refractivity (Wildman–Crippen MR) is 84.9 cm³/mol. The van der Waals surface area contributed by atoms with Gasteiger partial charge in [-0.2, -0.15) is 34.9 Å². The summed E-state index contributed by atoms with van der Waals surface area (Å²) in [6, 6.07) is 11.9. The minimum absolute atomic E-state index is 0. The van der Waals surface area contributed by atoms with Crippen molar-refractivity contribution in [3.63, 3.8) is 0 Å². The topological polar surface area (TPSA) is 12.9 Å². The molecule has 0 amide bonds. The first-order valence-electron chi connectivity index (χ1n) is 7.62. The van der Waals surface area contributed by atoms with Crippen molar-refractivity contribution in [3.8, 4) is 0 Å². The van der Waals surface area contributed by atoms with Gasteiger partial charge in [-0.3, -0.25) is 4.98 Å². The molecule has 0 spiro atoms. The number of benzene rings is 1. The maximum Gasteiger partial charge on any atom is 1.00 e. The average Bonchev–Trinajstić information content (AvgIpc) is 2.47. The minimum atomic E-state index is 0. The number of rotatable bonds is 7. The Bertz CT molecular complexity index is 522. The monoisotopic (exact) mass is 273 g/mol. The number of aryl methyl sites for hydroxylation is 4. The second-order valence-corrected chi connectivity index (χ2v) is 5.59. The molecular weight excluding hydrogens is 249 g/mol. The van der Waals surface area contributed by atoms with Gasteiger partial charge in [-0.25, -0.2) is 0 Å². The van der Waals surface area contributed by atoms with E-state index in [2.05, 4.69) is 49.2 Å². The molecule has 2 aromatic rings. The van der Waals surface area contributed by atoms with Crippen LogP contribution < -0.4 is 18.9 Å². The molecule has 0 unspecified atom stereocenters. The van der Waals surface area contributed by atoms with E-state index < -0.39 is 0 Å². The smallest absolute Gasteiger partial charge is 0.265 e. The van der Waals surface area contributed by atoms with Crippen molar-refractivity contribution >= 4 is 0 Å². The van der Waals surface area contributed by atoms with Gasteiger partial charge in [0.1, 0.15) is 0 Å². The summed E-state index contributed by atoms with van der Waals surface area (Å²) >= 11 is 0. The van der Waals surface area contributed by atoms with Gasteiger partial charge in [0.15, 0.2) is 0 Å². The number of hydrogen-bond donors (Lipinski definition) is 0. The van der Waals surface area contributed by atoms with Crippen LogP contribution in [0.3, 0.4) is 0 Å². The molecule has 0 saturated heterocycles. The van der Waals surface area contributed by atoms with Crippen LogP contribution in [0.25, 0.3) is 0 Å². The third-order valence-electron chi connectivity index (χ3n) is 3.82. The van der Waals surface area contributed by atoms with Gasteiger partial charge in [-0.15, -0.1) is 0 Å². The minimum Gasteiger partial charge on any atom is -0.265 e. The molecule has 1 aromatic carbocycles. The van der Waals surface area contributed by atoms with Gasteiger partial charge in [0.25, 0.3) is 0 Å². The molecule has 106 valence electrons. The quantitative estimate of drug-likeness (QED) is 0.426. The Kier molecular flexibility index (Phi) is 8.43. The van der Waals surface area contributed by atoms with E-state index in [1.165, 1.54) is 60.8 Å². The van der Waals surface area contributed by atoms with E-state index >= 15 is 0 Å². The Morgan fingerprint density at radius 2 is 1.62 bits per heavy atom. The van der Waals surface area contributed by atoms with Gasteiger partial charge in [0.05, 0.1) is 0 Å². The zero-order valence-corrected chi connectivity index (χ0v) is 13.7. The van der Waals surface area contributed by atoms with Gasteiger partial charge in [0.2, 0.25) is 0 Å². The Hall–Kier alpha value is -1.03. The van der Waals surface area contributed by atoms with Crippen molar-refractivity contribution < 1.29 is 18.9 Å². The average molecular weight is 273 g/mol. The molecule has 0 atom stereocenters. The van der Waals surface area contributed by atoms with Crippen molar-refractivity contribution in [2.45, 2.75) is 52.4 Å². The van der Waals surface area contributed by atoms with Gasteiger partial charge in [-0.1, -0.05) is 39.5 Å². The number of unbranched alkanes of at least 4 members (excludes halogenated alkanes) is 3. The number of hydrogen-bond acceptors (Lipinski definition) is 1. The normalized spacial score (nSPS) is 10.2. The van der Waals surface area contributed by atoms with Crippen molar-refractivity contribution in [1.29, 1.82) is 0 Å². The third kappa shape index (κ3) is 6.51. The maximum atomic E-state index is 4.05. The molecule has 0 bridgehead atoms. The molecule has 0 saturated carbocycles. The summed E-state index contributed by atoms with van der Waals surface area (Å²) < 4.78 is 0. The molecule has 0 aliphatic carbocycles. The van der Waals surface area contributed by atoms with Crippen LogP contribution in [-0.2, 0) is 12.8 Å². The van der Waals surface area contributed by atoms with Crippen LogP contribution >= 0.6 is 0 Å². The van der Waals surface area contributed by atoms with Gasteiger partial charge in [-0.05, 0) is 30.5 Å². The van der Waals surface area contributed by atoms with E-state index in [4.69, 9.17) is 0 Å². The van der Waals surface area contributed by atoms with Crippen LogP contribution in [-0.4, -0.2) is 4.98 Å². The Morgan fingerprint density at radius 3 is 2.33 bits per heavy atom. The second kappa shape index (κ2) is 9.82. The summed E-state index contributed by atoms with van der Waals surface area (Å²) in [6.07, 6.45) is 11.4. The fourth-order valence-electron chi connectivity index (χ4n) is 2.55. The van der Waals surface area contributed by atoms with Gasteiger partial charge >= 0.3 is 18.9 Å². The fourth-order valence-corrected chi connectivity index (χ4v) is 2.55. The first-order valence-corrected chi connectivity index (χ1v) is 7.62. The molecule has 0 aliphatic rings. The Morgan fingerprint density at radius 1 is 0.952 bits per heavy atom. The molecule has 21 heavy (non-hydrogen) atoms. The van der Waals surface area contributed by atoms with E-state index in [0.29, 0.717) is 0 Å². The van der Waals surface area contributed by atoms with Crippen LogP contribution in [0, 0.1) is 19.9 Å². The summed E-state index contributed by atoms with van der Waals surface area (Å²) in [5.74, 6) is 0. The zero-order chi connectivity index (χ0) is 14.2. The number of aromatic nitrogens is 1. The molecule has 1 aromatic heterocycles. The second-order valence-electron chi connectivity index (χ2n) is 5.59. The van der Waals surface area contributed by atoms with E-state index in [1.54, 1.807) is 0 Å². The predicted octanol–water partition coefficient (Wildman–Crippen LogP) is 1.85. The maximum absolute atomic E-state index is 4.05. The van der Waals surface area contributed by atoms with E-state index in [9.17, 15) is 0 Å². The molecule has 0 aliphatic heterocycles. The third-order valence-corrected chi connectivity index (χ3v) is 3.82. The molecule has 1 nitrogen and oxygen atoms in total. The van der Waals surface area contributed by atoms with Crippen molar-refractivity contribution in [2.24, 2.45) is 0 Å². The molecule has 0 fully saturated rings. The molecule has 0 N–H and O–H groups in total. The number of nitrogens with zero attached hydrogens (tertiary/aromatic N) is 1. The van der Waals surface area contributed by atoms with Crippen LogP contribution in [0.5, 0.6) is 0 Å². The van der Waals surface area contributed by atoms with Crippen LogP contribution in [0.15, 0.2) is 36.7 Å². The van der Waals surface area contributed by atoms with Gasteiger partial charge < -0.3 is 0 Å². The first-order chi connectivity index (χ1) is 9.75. The van der Waals surface area contributed by atoms with Crippen molar-refractivity contribution in [2.75, 3.05) is 0 Å². The Balaban J connectivity index is 0.00000220. The molecular formula is C19H24LiN. The summed E-state index contributed by atoms with van der Waals surface area (Å²) in [6.45, 7) is 4.31. The van der Waals surface area contributed by atoms with Crippen molar-refractivity contribution in [3.05, 3.63) is 65.0 Å². The molecule has 2 heteroatoms. The molecule has 2 rings (SSSR count). The summed E-state index contributed by atoms with van der Waals surface area (Å²) in [4.78, 5) is 4.05. The van der Waals surface area contributed by atoms with Crippen molar-refractivity contribution in [1.82, 2.24) is 4.98 Å². The largest absolute Gasteiger partial charge is 1.00 e. The van der Waals surface area contributed by atoms with Crippen LogP contribution in [0.4, 0.5) is 0 Å². The Labute approximate surface area is 141 Å². The number of pyridine rings is 1. The van der Waals surface area contributed by atoms with E-state index in [-0.39, 0.29) is 18.9 Å². The molecule has 0 radical (unpaired) electrons. The van der Waals surface area contributed by atoms with Gasteiger partial charge in [0, 0.05) is 12.4 Å². The summed E-state index contributed by atoms with van der Waals surface area (Å²) in [7, 11) is 0. The standard InChI is InChI=1S/C19H24N.Li/c1-16-9-10-17(2)19(15-16)8-6-4-3-5-7-18-11-13-20-14-12-18;/h10-15H,3-8H2,1-2H3;/q-1;+1. The summed E-state index contributed by atoms with van der Waals surface area (Å²) in [5.41, 5.74) is 5.54. The molecule has 1 heterocycles. The van der Waals surface area contributed by atoms with E-state index in [0.717, 1.165) is 0 Å². The van der Waals surface area contributed by atoms with Crippen LogP contribution in [0.1, 0.15) is 47.9 Å².